The quantitative estimate of drug-likeness (QED) is 0.789. The van der Waals surface area contributed by atoms with Gasteiger partial charge in [-0.15, -0.1) is 0 Å². The van der Waals surface area contributed by atoms with E-state index >= 15 is 0 Å². The first kappa shape index (κ1) is 14.7. The Morgan fingerprint density at radius 3 is 3.08 bits per heavy atom. The molecule has 8 heteroatoms. The molecule has 0 fully saturated rings. The number of nitrogens with one attached hydrogen (secondary N) is 1. The largest absolute Gasteiger partial charge is 0.364 e. The average Bonchev–Trinajstić information content (AvgIpc) is 3.28. The van der Waals surface area contributed by atoms with Crippen LogP contribution in [0.1, 0.15) is 24.4 Å². The van der Waals surface area contributed by atoms with Crippen LogP contribution in [0, 0.1) is 0 Å². The Kier molecular flexibility index (Phi) is 3.64. The van der Waals surface area contributed by atoms with E-state index in [4.69, 9.17) is 9.51 Å². The van der Waals surface area contributed by atoms with Gasteiger partial charge in [0.1, 0.15) is 23.6 Å². The van der Waals surface area contributed by atoms with E-state index in [-0.39, 0.29) is 12.3 Å². The van der Waals surface area contributed by atoms with Crippen molar-refractivity contribution in [3.63, 3.8) is 0 Å². The molecule has 3 aromatic rings. The van der Waals surface area contributed by atoms with Crippen LogP contribution in [-0.2, 0) is 31.2 Å². The number of anilines is 1. The zero-order valence-corrected chi connectivity index (χ0v) is 13.4. The predicted octanol–water partition coefficient (Wildman–Crippen LogP) is 1.79. The van der Waals surface area contributed by atoms with E-state index in [9.17, 15) is 4.79 Å². The van der Waals surface area contributed by atoms with E-state index in [2.05, 4.69) is 20.1 Å². The van der Waals surface area contributed by atoms with Crippen LogP contribution in [0.4, 0.5) is 5.82 Å². The number of amides is 1. The van der Waals surface area contributed by atoms with Gasteiger partial charge in [-0.25, -0.2) is 4.98 Å². The molecule has 0 radical (unpaired) electrons. The molecule has 4 rings (SSSR count). The Balaban J connectivity index is 1.67. The molecule has 4 heterocycles. The second-order valence-corrected chi connectivity index (χ2v) is 5.95. The first-order chi connectivity index (χ1) is 11.7. The number of carbonyl (C=O) groups is 1. The Morgan fingerprint density at radius 1 is 1.42 bits per heavy atom. The molecule has 3 aromatic heterocycles. The number of carbonyl (C=O) groups excluding carboxylic acids is 1. The summed E-state index contributed by atoms with van der Waals surface area (Å²) in [5.74, 6) is 1.62. The lowest BCUT2D eigenvalue weighted by molar-refractivity contribution is -0.115. The standard InChI is InChI=1S/C16H18N6O2/c1-21-10-11(9-17-21)15-16(22-6-3-2-4-13(22)18-15)19-14(23)8-12-5-7-24-20-12/h5,7,9-10H,2-4,6,8H2,1H3,(H,19,23). The van der Waals surface area contributed by atoms with Gasteiger partial charge in [0.05, 0.1) is 18.3 Å². The topological polar surface area (TPSA) is 90.8 Å². The van der Waals surface area contributed by atoms with Crippen LogP contribution in [0.5, 0.6) is 0 Å². The van der Waals surface area contributed by atoms with E-state index in [1.54, 1.807) is 16.9 Å². The summed E-state index contributed by atoms with van der Waals surface area (Å²) in [6.45, 7) is 0.863. The first-order valence-corrected chi connectivity index (χ1v) is 7.98. The van der Waals surface area contributed by atoms with Crippen LogP contribution < -0.4 is 5.32 Å². The molecule has 0 saturated carbocycles. The lowest BCUT2D eigenvalue weighted by Gasteiger charge is -2.16. The van der Waals surface area contributed by atoms with Crippen LogP contribution in [0.15, 0.2) is 29.2 Å². The molecule has 1 aliphatic rings. The van der Waals surface area contributed by atoms with Crippen LogP contribution in [-0.4, -0.2) is 30.4 Å². The van der Waals surface area contributed by atoms with Gasteiger partial charge >= 0.3 is 0 Å². The third-order valence-electron chi connectivity index (χ3n) is 4.15. The van der Waals surface area contributed by atoms with Gasteiger partial charge in [-0.2, -0.15) is 5.10 Å². The van der Waals surface area contributed by atoms with Gasteiger partial charge in [-0.05, 0) is 12.8 Å². The van der Waals surface area contributed by atoms with E-state index in [1.807, 2.05) is 13.2 Å². The minimum atomic E-state index is -0.137. The smallest absolute Gasteiger partial charge is 0.231 e. The molecule has 0 aromatic carbocycles. The summed E-state index contributed by atoms with van der Waals surface area (Å²) in [5.41, 5.74) is 2.28. The van der Waals surface area contributed by atoms with Crippen LogP contribution >= 0.6 is 0 Å². The van der Waals surface area contributed by atoms with Gasteiger partial charge in [-0.3, -0.25) is 9.48 Å². The Hall–Kier alpha value is -2.90. The second kappa shape index (κ2) is 5.95. The van der Waals surface area contributed by atoms with Crippen molar-refractivity contribution >= 4 is 11.7 Å². The third kappa shape index (κ3) is 2.70. The molecule has 0 saturated heterocycles. The van der Waals surface area contributed by atoms with Crippen LogP contribution in [0.3, 0.4) is 0 Å². The summed E-state index contributed by atoms with van der Waals surface area (Å²) in [6, 6.07) is 1.69. The van der Waals surface area contributed by atoms with Gasteiger partial charge < -0.3 is 14.4 Å². The maximum atomic E-state index is 12.4. The highest BCUT2D eigenvalue weighted by Crippen LogP contribution is 2.31. The minimum Gasteiger partial charge on any atom is -0.364 e. The molecule has 8 nitrogen and oxygen atoms in total. The summed E-state index contributed by atoms with van der Waals surface area (Å²) in [7, 11) is 1.86. The van der Waals surface area contributed by atoms with Crippen molar-refractivity contribution in [2.45, 2.75) is 32.2 Å². The molecule has 124 valence electrons. The molecule has 24 heavy (non-hydrogen) atoms. The van der Waals surface area contributed by atoms with Crippen molar-refractivity contribution in [2.75, 3.05) is 5.32 Å². The summed E-state index contributed by atoms with van der Waals surface area (Å²) in [4.78, 5) is 17.1. The number of hydrogen-bond acceptors (Lipinski definition) is 5. The van der Waals surface area contributed by atoms with Crippen molar-refractivity contribution in [3.8, 4) is 11.3 Å². The fraction of sp³-hybridized carbons (Fsp3) is 0.375. The third-order valence-corrected chi connectivity index (χ3v) is 4.15. The Bertz CT molecular complexity index is 861. The van der Waals surface area contributed by atoms with Crippen LogP contribution in [0.2, 0.25) is 0 Å². The zero-order chi connectivity index (χ0) is 16.5. The van der Waals surface area contributed by atoms with Crippen molar-refractivity contribution < 1.29 is 9.32 Å². The zero-order valence-electron chi connectivity index (χ0n) is 13.4. The Labute approximate surface area is 138 Å². The number of nitrogens with zero attached hydrogens (tertiary/aromatic N) is 5. The van der Waals surface area contributed by atoms with E-state index in [0.29, 0.717) is 5.69 Å². The van der Waals surface area contributed by atoms with Gasteiger partial charge in [-0.1, -0.05) is 5.16 Å². The molecule has 0 atom stereocenters. The first-order valence-electron chi connectivity index (χ1n) is 7.98. The SMILES string of the molecule is Cn1cc(-c2nc3n(c2NC(=O)Cc2ccon2)CCCC3)cn1. The van der Waals surface area contributed by atoms with Crippen molar-refractivity contribution in [1.82, 2.24) is 24.5 Å². The van der Waals surface area contributed by atoms with E-state index < -0.39 is 0 Å². The molecule has 1 amide bonds. The molecule has 0 spiro atoms. The van der Waals surface area contributed by atoms with Crippen LogP contribution in [0.25, 0.3) is 11.3 Å². The molecule has 1 N–H and O–H groups in total. The number of aryl methyl sites for hydroxylation is 2. The molecule has 0 unspecified atom stereocenters. The highest BCUT2D eigenvalue weighted by atomic mass is 16.5. The second-order valence-electron chi connectivity index (χ2n) is 5.95. The minimum absolute atomic E-state index is 0.137. The lowest BCUT2D eigenvalue weighted by atomic mass is 10.2. The van der Waals surface area contributed by atoms with E-state index in [1.165, 1.54) is 6.26 Å². The monoisotopic (exact) mass is 326 g/mol. The molecular weight excluding hydrogens is 308 g/mol. The molecule has 0 bridgehead atoms. The van der Waals surface area contributed by atoms with Crippen molar-refractivity contribution in [1.29, 1.82) is 0 Å². The van der Waals surface area contributed by atoms with Gasteiger partial charge in [0.15, 0.2) is 0 Å². The van der Waals surface area contributed by atoms with Crippen molar-refractivity contribution in [3.05, 3.63) is 36.2 Å². The number of imidazole rings is 1. The van der Waals surface area contributed by atoms with E-state index in [0.717, 1.165) is 48.7 Å². The summed E-state index contributed by atoms with van der Waals surface area (Å²) >= 11 is 0. The van der Waals surface area contributed by atoms with Gasteiger partial charge in [0.2, 0.25) is 5.91 Å². The number of fused-ring (bicyclic) bond motifs is 1. The highest BCUT2D eigenvalue weighted by molar-refractivity contribution is 5.94. The molecular formula is C16H18N6O2. The number of aromatic nitrogens is 5. The maximum absolute atomic E-state index is 12.4. The normalized spacial score (nSPS) is 13.7. The number of rotatable bonds is 4. The highest BCUT2D eigenvalue weighted by Gasteiger charge is 2.23. The summed E-state index contributed by atoms with van der Waals surface area (Å²) in [6.07, 6.45) is 8.43. The number of hydrogen-bond donors (Lipinski definition) is 1. The molecule has 1 aliphatic heterocycles. The lowest BCUT2D eigenvalue weighted by Crippen LogP contribution is -2.20. The van der Waals surface area contributed by atoms with Gasteiger partial charge in [0, 0.05) is 37.8 Å². The van der Waals surface area contributed by atoms with Gasteiger partial charge in [0.25, 0.3) is 0 Å². The molecule has 0 aliphatic carbocycles. The average molecular weight is 326 g/mol. The summed E-state index contributed by atoms with van der Waals surface area (Å²) < 4.78 is 8.61. The fourth-order valence-electron chi connectivity index (χ4n) is 3.02. The summed E-state index contributed by atoms with van der Waals surface area (Å²) in [5, 5.41) is 11.0. The maximum Gasteiger partial charge on any atom is 0.231 e. The predicted molar refractivity (Wildman–Crippen MR) is 86.2 cm³/mol. The Morgan fingerprint density at radius 2 is 2.33 bits per heavy atom. The van der Waals surface area contributed by atoms with Crippen molar-refractivity contribution in [2.24, 2.45) is 7.05 Å². The fourth-order valence-corrected chi connectivity index (χ4v) is 3.02.